The Morgan fingerprint density at radius 1 is 1.33 bits per heavy atom. The summed E-state index contributed by atoms with van der Waals surface area (Å²) in [6, 6.07) is 7.75. The Kier molecular flexibility index (Phi) is 3.58. The fourth-order valence-corrected chi connectivity index (χ4v) is 1.59. The predicted molar refractivity (Wildman–Crippen MR) is 66.1 cm³/mol. The van der Waals surface area contributed by atoms with Crippen molar-refractivity contribution in [3.8, 4) is 11.6 Å². The van der Waals surface area contributed by atoms with Crippen LogP contribution in [0.25, 0.3) is 0 Å². The van der Waals surface area contributed by atoms with Crippen LogP contribution in [-0.4, -0.2) is 10.1 Å². The number of halogens is 1. The van der Waals surface area contributed by atoms with Gasteiger partial charge in [-0.25, -0.2) is 9.37 Å². The van der Waals surface area contributed by atoms with Gasteiger partial charge in [0.25, 0.3) is 0 Å². The second-order valence-corrected chi connectivity index (χ2v) is 4.09. The van der Waals surface area contributed by atoms with Gasteiger partial charge in [0.2, 0.25) is 5.88 Å². The van der Waals surface area contributed by atoms with E-state index in [2.05, 4.69) is 4.98 Å². The highest BCUT2D eigenvalue weighted by Crippen LogP contribution is 2.29. The van der Waals surface area contributed by atoms with Crippen molar-refractivity contribution in [3.05, 3.63) is 53.5 Å². The van der Waals surface area contributed by atoms with Gasteiger partial charge in [-0.05, 0) is 37.6 Å². The number of aromatic nitrogens is 1. The maximum Gasteiger partial charge on any atom is 0.225 e. The summed E-state index contributed by atoms with van der Waals surface area (Å²) < 4.78 is 18.7. The molecule has 0 fully saturated rings. The van der Waals surface area contributed by atoms with Crippen LogP contribution in [0.5, 0.6) is 11.6 Å². The number of aliphatic hydroxyl groups is 1. The van der Waals surface area contributed by atoms with Crippen molar-refractivity contribution < 1.29 is 14.2 Å². The quantitative estimate of drug-likeness (QED) is 0.904. The van der Waals surface area contributed by atoms with Gasteiger partial charge in [0.15, 0.2) is 0 Å². The van der Waals surface area contributed by atoms with E-state index in [0.717, 1.165) is 5.56 Å². The van der Waals surface area contributed by atoms with Crippen molar-refractivity contribution in [2.45, 2.75) is 20.0 Å². The van der Waals surface area contributed by atoms with Crippen molar-refractivity contribution in [1.29, 1.82) is 0 Å². The van der Waals surface area contributed by atoms with Gasteiger partial charge in [-0.1, -0.05) is 6.07 Å². The second-order valence-electron chi connectivity index (χ2n) is 4.09. The molecule has 0 saturated heterocycles. The van der Waals surface area contributed by atoms with Crippen LogP contribution in [0.1, 0.15) is 24.2 Å². The van der Waals surface area contributed by atoms with Gasteiger partial charge < -0.3 is 9.84 Å². The van der Waals surface area contributed by atoms with Gasteiger partial charge in [0, 0.05) is 17.8 Å². The number of hydrogen-bond donors (Lipinski definition) is 1. The third kappa shape index (κ3) is 2.65. The van der Waals surface area contributed by atoms with Crippen LogP contribution in [0.4, 0.5) is 4.39 Å². The molecular formula is C14H14FNO2. The molecule has 1 heterocycles. The van der Waals surface area contributed by atoms with Crippen LogP contribution in [0.15, 0.2) is 36.5 Å². The van der Waals surface area contributed by atoms with Crippen LogP contribution in [0, 0.1) is 12.7 Å². The number of hydrogen-bond acceptors (Lipinski definition) is 3. The van der Waals surface area contributed by atoms with Gasteiger partial charge >= 0.3 is 0 Å². The molecule has 1 atom stereocenters. The average Bonchev–Trinajstić information content (AvgIpc) is 2.34. The molecular weight excluding hydrogens is 233 g/mol. The first-order chi connectivity index (χ1) is 8.58. The Morgan fingerprint density at radius 2 is 2.11 bits per heavy atom. The summed E-state index contributed by atoms with van der Waals surface area (Å²) in [5.41, 5.74) is 1.37. The monoisotopic (exact) mass is 247 g/mol. The molecule has 0 amide bonds. The maximum absolute atomic E-state index is 13.2. The van der Waals surface area contributed by atoms with Gasteiger partial charge in [-0.2, -0.15) is 0 Å². The molecule has 0 unspecified atom stereocenters. The fraction of sp³-hybridized carbons (Fsp3) is 0.214. The molecule has 0 aliphatic rings. The molecule has 0 saturated carbocycles. The zero-order valence-corrected chi connectivity index (χ0v) is 10.2. The van der Waals surface area contributed by atoms with Crippen molar-refractivity contribution >= 4 is 0 Å². The maximum atomic E-state index is 13.2. The number of aryl methyl sites for hydroxylation is 1. The SMILES string of the molecule is Cc1ccc(F)cc1Oc1ncccc1[C@@H](C)O. The predicted octanol–water partition coefficient (Wildman–Crippen LogP) is 3.37. The molecule has 1 aromatic heterocycles. The molecule has 0 aliphatic heterocycles. The number of benzene rings is 1. The zero-order chi connectivity index (χ0) is 13.1. The van der Waals surface area contributed by atoms with Crippen LogP contribution in [0.3, 0.4) is 0 Å². The lowest BCUT2D eigenvalue weighted by molar-refractivity contribution is 0.194. The molecule has 0 spiro atoms. The number of aliphatic hydroxyl groups excluding tert-OH is 1. The molecule has 1 N–H and O–H groups in total. The van der Waals surface area contributed by atoms with E-state index in [1.54, 1.807) is 31.3 Å². The molecule has 0 aliphatic carbocycles. The Bertz CT molecular complexity index is 555. The first-order valence-electron chi connectivity index (χ1n) is 5.65. The molecule has 1 aromatic carbocycles. The molecule has 0 bridgehead atoms. The van der Waals surface area contributed by atoms with Gasteiger partial charge in [-0.3, -0.25) is 0 Å². The van der Waals surface area contributed by atoms with E-state index < -0.39 is 6.10 Å². The summed E-state index contributed by atoms with van der Waals surface area (Å²) in [6.07, 6.45) is 0.873. The van der Waals surface area contributed by atoms with Crippen molar-refractivity contribution in [1.82, 2.24) is 4.98 Å². The van der Waals surface area contributed by atoms with E-state index in [4.69, 9.17) is 4.74 Å². The summed E-state index contributed by atoms with van der Waals surface area (Å²) in [7, 11) is 0. The number of nitrogens with zero attached hydrogens (tertiary/aromatic N) is 1. The van der Waals surface area contributed by atoms with Gasteiger partial charge in [0.05, 0.1) is 6.10 Å². The minimum absolute atomic E-state index is 0.293. The minimum Gasteiger partial charge on any atom is -0.438 e. The third-order valence-corrected chi connectivity index (χ3v) is 2.61. The highest BCUT2D eigenvalue weighted by molar-refractivity contribution is 5.38. The van der Waals surface area contributed by atoms with Crippen LogP contribution >= 0.6 is 0 Å². The Labute approximate surface area is 105 Å². The topological polar surface area (TPSA) is 42.4 Å². The molecule has 4 heteroatoms. The Morgan fingerprint density at radius 3 is 2.83 bits per heavy atom. The van der Waals surface area contributed by atoms with Crippen molar-refractivity contribution in [2.75, 3.05) is 0 Å². The fourth-order valence-electron chi connectivity index (χ4n) is 1.59. The standard InChI is InChI=1S/C14H14FNO2/c1-9-5-6-11(15)8-13(9)18-14-12(10(2)17)4-3-7-16-14/h3-8,10,17H,1-2H3/t10-/m1/s1. The number of pyridine rings is 1. The van der Waals surface area contributed by atoms with E-state index in [-0.39, 0.29) is 5.82 Å². The Hall–Kier alpha value is -1.94. The molecule has 18 heavy (non-hydrogen) atoms. The van der Waals surface area contributed by atoms with E-state index in [1.807, 2.05) is 6.92 Å². The lowest BCUT2D eigenvalue weighted by atomic mass is 10.2. The molecule has 2 aromatic rings. The minimum atomic E-state index is -0.692. The van der Waals surface area contributed by atoms with Crippen molar-refractivity contribution in [2.24, 2.45) is 0 Å². The summed E-state index contributed by atoms with van der Waals surface area (Å²) in [5, 5.41) is 9.61. The summed E-state index contributed by atoms with van der Waals surface area (Å²) in [6.45, 7) is 3.45. The van der Waals surface area contributed by atoms with E-state index >= 15 is 0 Å². The lowest BCUT2D eigenvalue weighted by Crippen LogP contribution is -1.99. The van der Waals surface area contributed by atoms with E-state index in [1.165, 1.54) is 12.1 Å². The first-order valence-corrected chi connectivity index (χ1v) is 5.65. The van der Waals surface area contributed by atoms with Crippen LogP contribution < -0.4 is 4.74 Å². The summed E-state index contributed by atoms with van der Waals surface area (Å²) >= 11 is 0. The zero-order valence-electron chi connectivity index (χ0n) is 10.2. The largest absolute Gasteiger partial charge is 0.438 e. The molecule has 2 rings (SSSR count). The molecule has 0 radical (unpaired) electrons. The van der Waals surface area contributed by atoms with Gasteiger partial charge in [-0.15, -0.1) is 0 Å². The smallest absolute Gasteiger partial charge is 0.225 e. The second kappa shape index (κ2) is 5.14. The first kappa shape index (κ1) is 12.5. The van der Waals surface area contributed by atoms with Crippen molar-refractivity contribution in [3.63, 3.8) is 0 Å². The average molecular weight is 247 g/mol. The highest BCUT2D eigenvalue weighted by Gasteiger charge is 2.12. The molecule has 3 nitrogen and oxygen atoms in total. The normalized spacial score (nSPS) is 12.2. The summed E-state index contributed by atoms with van der Waals surface area (Å²) in [4.78, 5) is 4.06. The van der Waals surface area contributed by atoms with E-state index in [9.17, 15) is 9.50 Å². The number of ether oxygens (including phenoxy) is 1. The molecule has 94 valence electrons. The third-order valence-electron chi connectivity index (χ3n) is 2.61. The van der Waals surface area contributed by atoms with Crippen LogP contribution in [0.2, 0.25) is 0 Å². The van der Waals surface area contributed by atoms with E-state index in [0.29, 0.717) is 17.2 Å². The highest BCUT2D eigenvalue weighted by atomic mass is 19.1. The number of rotatable bonds is 3. The Balaban J connectivity index is 2.37. The van der Waals surface area contributed by atoms with Gasteiger partial charge in [0.1, 0.15) is 11.6 Å². The van der Waals surface area contributed by atoms with Crippen LogP contribution in [-0.2, 0) is 0 Å². The lowest BCUT2D eigenvalue weighted by Gasteiger charge is -2.13. The summed E-state index contributed by atoms with van der Waals surface area (Å²) in [5.74, 6) is 0.321.